The summed E-state index contributed by atoms with van der Waals surface area (Å²) in [4.78, 5) is 2.66. The predicted octanol–water partition coefficient (Wildman–Crippen LogP) is 3.47. The molecule has 1 heterocycles. The van der Waals surface area contributed by atoms with Crippen molar-refractivity contribution in [2.45, 2.75) is 44.5 Å². The fourth-order valence-corrected chi connectivity index (χ4v) is 4.20. The second-order valence-corrected chi connectivity index (χ2v) is 7.32. The van der Waals surface area contributed by atoms with Crippen LogP contribution in [0.3, 0.4) is 0 Å². The molecule has 1 fully saturated rings. The Morgan fingerprint density at radius 3 is 2.80 bits per heavy atom. The minimum atomic E-state index is 0.466. The second-order valence-electron chi connectivity index (χ2n) is 5.84. The van der Waals surface area contributed by atoms with E-state index in [1.807, 2.05) is 0 Å². The van der Waals surface area contributed by atoms with E-state index < -0.39 is 0 Å². The van der Waals surface area contributed by atoms with Crippen molar-refractivity contribution in [1.82, 2.24) is 10.2 Å². The zero-order chi connectivity index (χ0) is 14.5. The Bertz CT molecular complexity index is 421. The summed E-state index contributed by atoms with van der Waals surface area (Å²) >= 11 is 2.11. The molecule has 0 aromatic heterocycles. The second kappa shape index (κ2) is 7.48. The third kappa shape index (κ3) is 3.78. The number of nitrogens with zero attached hydrogens (tertiary/aromatic N) is 1. The minimum Gasteiger partial charge on any atom is -0.313 e. The number of hydrogen-bond donors (Lipinski definition) is 1. The Hall–Kier alpha value is -0.510. The minimum absolute atomic E-state index is 0.466. The molecule has 1 N–H and O–H groups in total. The van der Waals surface area contributed by atoms with Crippen molar-refractivity contribution in [1.29, 1.82) is 0 Å². The van der Waals surface area contributed by atoms with E-state index in [1.54, 1.807) is 0 Å². The summed E-state index contributed by atoms with van der Waals surface area (Å²) in [5.41, 5.74) is 2.84. The number of aryl methyl sites for hydroxylation is 1. The topological polar surface area (TPSA) is 15.3 Å². The Labute approximate surface area is 128 Å². The first-order valence-electron chi connectivity index (χ1n) is 7.72. The van der Waals surface area contributed by atoms with E-state index in [2.05, 4.69) is 74.1 Å². The van der Waals surface area contributed by atoms with Crippen LogP contribution in [0.15, 0.2) is 24.3 Å². The van der Waals surface area contributed by atoms with Crippen molar-refractivity contribution in [2.24, 2.45) is 0 Å². The zero-order valence-electron chi connectivity index (χ0n) is 13.2. The molecule has 0 saturated carbocycles. The first kappa shape index (κ1) is 15.9. The molecule has 3 unspecified atom stereocenters. The highest BCUT2D eigenvalue weighted by Gasteiger charge is 2.25. The molecule has 3 atom stereocenters. The summed E-state index contributed by atoms with van der Waals surface area (Å²) in [6.45, 7) is 9.37. The van der Waals surface area contributed by atoms with Crippen molar-refractivity contribution >= 4 is 11.8 Å². The maximum atomic E-state index is 3.49. The molecule has 2 nitrogen and oxygen atoms in total. The van der Waals surface area contributed by atoms with Gasteiger partial charge in [-0.1, -0.05) is 31.2 Å². The van der Waals surface area contributed by atoms with Crippen LogP contribution in [0.5, 0.6) is 0 Å². The van der Waals surface area contributed by atoms with Crippen LogP contribution in [0, 0.1) is 6.92 Å². The molecule has 0 aliphatic carbocycles. The van der Waals surface area contributed by atoms with Crippen molar-refractivity contribution < 1.29 is 0 Å². The highest BCUT2D eigenvalue weighted by Crippen LogP contribution is 2.26. The number of hydrogen-bond acceptors (Lipinski definition) is 3. The summed E-state index contributed by atoms with van der Waals surface area (Å²) in [6.07, 6.45) is 1.18. The van der Waals surface area contributed by atoms with Crippen LogP contribution in [-0.4, -0.2) is 42.1 Å². The Morgan fingerprint density at radius 2 is 2.10 bits per heavy atom. The molecule has 1 aliphatic rings. The predicted molar refractivity (Wildman–Crippen MR) is 90.6 cm³/mol. The monoisotopic (exact) mass is 292 g/mol. The van der Waals surface area contributed by atoms with Crippen LogP contribution in [0.25, 0.3) is 0 Å². The van der Waals surface area contributed by atoms with Gasteiger partial charge in [0, 0.05) is 36.2 Å². The maximum absolute atomic E-state index is 3.49. The zero-order valence-corrected chi connectivity index (χ0v) is 14.0. The first-order valence-corrected chi connectivity index (χ1v) is 8.76. The van der Waals surface area contributed by atoms with Crippen molar-refractivity contribution in [3.63, 3.8) is 0 Å². The summed E-state index contributed by atoms with van der Waals surface area (Å²) in [7, 11) is 2.08. The molecule has 2 rings (SSSR count). The smallest absolute Gasteiger partial charge is 0.0332 e. The lowest BCUT2D eigenvalue weighted by atomic mass is 9.98. The summed E-state index contributed by atoms with van der Waals surface area (Å²) in [5.74, 6) is 1.28. The summed E-state index contributed by atoms with van der Waals surface area (Å²) in [6, 6.07) is 9.90. The molecule has 1 aromatic carbocycles. The molecule has 0 bridgehead atoms. The van der Waals surface area contributed by atoms with Crippen LogP contribution < -0.4 is 5.32 Å². The van der Waals surface area contributed by atoms with E-state index in [0.29, 0.717) is 12.1 Å². The lowest BCUT2D eigenvalue weighted by molar-refractivity contribution is 0.202. The SMILES string of the molecule is CNC(CCN1CCSC(C)C1C)c1ccccc1C. The third-order valence-electron chi connectivity index (χ3n) is 4.63. The fourth-order valence-electron chi connectivity index (χ4n) is 3.04. The van der Waals surface area contributed by atoms with E-state index in [1.165, 1.54) is 36.4 Å². The van der Waals surface area contributed by atoms with Gasteiger partial charge >= 0.3 is 0 Å². The van der Waals surface area contributed by atoms with E-state index >= 15 is 0 Å². The van der Waals surface area contributed by atoms with Gasteiger partial charge in [0.15, 0.2) is 0 Å². The van der Waals surface area contributed by atoms with Gasteiger partial charge in [-0.25, -0.2) is 0 Å². The molecule has 20 heavy (non-hydrogen) atoms. The van der Waals surface area contributed by atoms with Gasteiger partial charge in [-0.15, -0.1) is 0 Å². The van der Waals surface area contributed by atoms with Gasteiger partial charge < -0.3 is 5.32 Å². The van der Waals surface area contributed by atoms with E-state index in [0.717, 1.165) is 5.25 Å². The molecular weight excluding hydrogens is 264 g/mol. The van der Waals surface area contributed by atoms with E-state index in [-0.39, 0.29) is 0 Å². The van der Waals surface area contributed by atoms with Crippen molar-refractivity contribution in [2.75, 3.05) is 25.9 Å². The summed E-state index contributed by atoms with van der Waals surface area (Å²) < 4.78 is 0. The van der Waals surface area contributed by atoms with Gasteiger partial charge in [0.05, 0.1) is 0 Å². The normalized spacial score (nSPS) is 25.6. The molecule has 1 saturated heterocycles. The molecule has 3 heteroatoms. The third-order valence-corrected chi connectivity index (χ3v) is 5.97. The lowest BCUT2D eigenvalue weighted by Crippen LogP contribution is -2.45. The summed E-state index contributed by atoms with van der Waals surface area (Å²) in [5, 5.41) is 4.25. The standard InChI is InChI=1S/C17H28N2S/c1-13-7-5-6-8-16(13)17(18-4)9-10-19-11-12-20-15(3)14(19)2/h5-8,14-15,17-18H,9-12H2,1-4H3. The van der Waals surface area contributed by atoms with Crippen LogP contribution in [0.2, 0.25) is 0 Å². The lowest BCUT2D eigenvalue weighted by Gasteiger charge is -2.38. The molecule has 0 amide bonds. The Kier molecular flexibility index (Phi) is 5.94. The molecular formula is C17H28N2S. The number of benzene rings is 1. The Morgan fingerprint density at radius 1 is 1.35 bits per heavy atom. The highest BCUT2D eigenvalue weighted by atomic mass is 32.2. The molecule has 0 spiro atoms. The maximum Gasteiger partial charge on any atom is 0.0332 e. The average molecular weight is 292 g/mol. The first-order chi connectivity index (χ1) is 9.63. The quantitative estimate of drug-likeness (QED) is 0.894. The van der Waals surface area contributed by atoms with Crippen molar-refractivity contribution in [3.8, 4) is 0 Å². The number of rotatable bonds is 5. The van der Waals surface area contributed by atoms with Crippen LogP contribution >= 0.6 is 11.8 Å². The van der Waals surface area contributed by atoms with Crippen LogP contribution in [0.4, 0.5) is 0 Å². The molecule has 1 aliphatic heterocycles. The van der Waals surface area contributed by atoms with E-state index in [4.69, 9.17) is 0 Å². The largest absolute Gasteiger partial charge is 0.313 e. The highest BCUT2D eigenvalue weighted by molar-refractivity contribution is 8.00. The van der Waals surface area contributed by atoms with Crippen LogP contribution in [-0.2, 0) is 0 Å². The number of thioether (sulfide) groups is 1. The Balaban J connectivity index is 1.96. The van der Waals surface area contributed by atoms with E-state index in [9.17, 15) is 0 Å². The molecule has 112 valence electrons. The molecule has 1 aromatic rings. The molecule has 0 radical (unpaired) electrons. The number of nitrogens with one attached hydrogen (secondary N) is 1. The van der Waals surface area contributed by atoms with Gasteiger partial charge in [0.25, 0.3) is 0 Å². The van der Waals surface area contributed by atoms with Crippen molar-refractivity contribution in [3.05, 3.63) is 35.4 Å². The van der Waals surface area contributed by atoms with Gasteiger partial charge in [0.1, 0.15) is 0 Å². The van der Waals surface area contributed by atoms with Gasteiger partial charge in [-0.3, -0.25) is 4.90 Å². The van der Waals surface area contributed by atoms with Gasteiger partial charge in [-0.05, 0) is 38.4 Å². The average Bonchev–Trinajstić information content (AvgIpc) is 2.45. The fraction of sp³-hybridized carbons (Fsp3) is 0.647. The van der Waals surface area contributed by atoms with Gasteiger partial charge in [-0.2, -0.15) is 11.8 Å². The van der Waals surface area contributed by atoms with Crippen LogP contribution in [0.1, 0.15) is 37.4 Å². The van der Waals surface area contributed by atoms with Gasteiger partial charge in [0.2, 0.25) is 0 Å².